The molecule has 1 heteroatoms. The molecule has 0 saturated heterocycles. The van der Waals surface area contributed by atoms with Crippen LogP contribution < -0.4 is 5.73 Å². The van der Waals surface area contributed by atoms with Crippen LogP contribution in [0, 0.1) is 13.8 Å². The van der Waals surface area contributed by atoms with E-state index in [0.717, 1.165) is 12.8 Å². The number of benzene rings is 2. The molecule has 0 bridgehead atoms. The molecule has 0 aliphatic carbocycles. The Kier molecular flexibility index (Phi) is 5.19. The van der Waals surface area contributed by atoms with Crippen molar-refractivity contribution >= 4 is 0 Å². The highest BCUT2D eigenvalue weighted by atomic mass is 14.6. The average molecular weight is 281 g/mol. The van der Waals surface area contributed by atoms with Crippen LogP contribution in [0.4, 0.5) is 0 Å². The second-order valence-corrected chi connectivity index (χ2v) is 6.47. The largest absolute Gasteiger partial charge is 0.330 e. The lowest BCUT2D eigenvalue weighted by molar-refractivity contribution is 0.430. The van der Waals surface area contributed by atoms with Gasteiger partial charge in [-0.2, -0.15) is 0 Å². The SMILES string of the molecule is Cc1ccc(CCCC(C)(CN)c2ccc(C)cc2)cc1. The Morgan fingerprint density at radius 2 is 1.38 bits per heavy atom. The first-order chi connectivity index (χ1) is 10.0. The van der Waals surface area contributed by atoms with Gasteiger partial charge in [-0.15, -0.1) is 0 Å². The Labute approximate surface area is 129 Å². The van der Waals surface area contributed by atoms with Crippen LogP contribution >= 0.6 is 0 Å². The van der Waals surface area contributed by atoms with Gasteiger partial charge in [0.25, 0.3) is 0 Å². The topological polar surface area (TPSA) is 26.0 Å². The first-order valence-corrected chi connectivity index (χ1v) is 7.86. The van der Waals surface area contributed by atoms with Gasteiger partial charge in [-0.1, -0.05) is 66.6 Å². The number of nitrogens with two attached hydrogens (primary N) is 1. The predicted molar refractivity (Wildman–Crippen MR) is 91.7 cm³/mol. The third-order valence-corrected chi connectivity index (χ3v) is 4.51. The van der Waals surface area contributed by atoms with Gasteiger partial charge in [0, 0.05) is 12.0 Å². The first kappa shape index (κ1) is 15.8. The predicted octanol–water partition coefficient (Wildman–Crippen LogP) is 4.54. The van der Waals surface area contributed by atoms with Gasteiger partial charge in [0.15, 0.2) is 0 Å². The van der Waals surface area contributed by atoms with Gasteiger partial charge < -0.3 is 5.73 Å². The maximum atomic E-state index is 6.08. The molecule has 0 amide bonds. The number of hydrogen-bond donors (Lipinski definition) is 1. The van der Waals surface area contributed by atoms with Crippen LogP contribution in [0.25, 0.3) is 0 Å². The molecule has 0 saturated carbocycles. The van der Waals surface area contributed by atoms with E-state index in [0.29, 0.717) is 6.54 Å². The monoisotopic (exact) mass is 281 g/mol. The molecule has 0 fully saturated rings. The third kappa shape index (κ3) is 4.18. The highest BCUT2D eigenvalue weighted by molar-refractivity contribution is 5.28. The van der Waals surface area contributed by atoms with Crippen molar-refractivity contribution in [3.63, 3.8) is 0 Å². The number of aryl methyl sites for hydroxylation is 3. The standard InChI is InChI=1S/C20H27N/c1-16-6-10-18(11-7-16)5-4-14-20(3,15-21)19-12-8-17(2)9-13-19/h6-13H,4-5,14-15,21H2,1-3H3. The van der Waals surface area contributed by atoms with E-state index >= 15 is 0 Å². The molecule has 112 valence electrons. The average Bonchev–Trinajstić information content (AvgIpc) is 2.50. The minimum absolute atomic E-state index is 0.0817. The van der Waals surface area contributed by atoms with E-state index in [2.05, 4.69) is 69.3 Å². The Bertz CT molecular complexity index is 553. The minimum atomic E-state index is 0.0817. The molecule has 0 spiro atoms. The molecule has 0 aromatic heterocycles. The maximum Gasteiger partial charge on any atom is 0.00474 e. The van der Waals surface area contributed by atoms with Crippen LogP contribution in [0.2, 0.25) is 0 Å². The Morgan fingerprint density at radius 3 is 1.90 bits per heavy atom. The summed E-state index contributed by atoms with van der Waals surface area (Å²) in [5.74, 6) is 0. The molecule has 2 aromatic rings. The Morgan fingerprint density at radius 1 is 0.857 bits per heavy atom. The summed E-state index contributed by atoms with van der Waals surface area (Å²) in [5.41, 5.74) is 11.6. The van der Waals surface area contributed by atoms with Crippen molar-refractivity contribution in [3.8, 4) is 0 Å². The zero-order chi connectivity index (χ0) is 15.3. The van der Waals surface area contributed by atoms with Crippen molar-refractivity contribution in [1.82, 2.24) is 0 Å². The van der Waals surface area contributed by atoms with Gasteiger partial charge in [-0.3, -0.25) is 0 Å². The maximum absolute atomic E-state index is 6.08. The molecule has 2 aromatic carbocycles. The molecule has 0 aliphatic heterocycles. The van der Waals surface area contributed by atoms with Crippen LogP contribution in [-0.4, -0.2) is 6.54 Å². The molecular weight excluding hydrogens is 254 g/mol. The molecule has 1 unspecified atom stereocenters. The van der Waals surface area contributed by atoms with E-state index in [1.807, 2.05) is 0 Å². The summed E-state index contributed by atoms with van der Waals surface area (Å²) in [7, 11) is 0. The summed E-state index contributed by atoms with van der Waals surface area (Å²) in [5, 5.41) is 0. The summed E-state index contributed by atoms with van der Waals surface area (Å²) in [4.78, 5) is 0. The summed E-state index contributed by atoms with van der Waals surface area (Å²) in [6.45, 7) is 7.24. The van der Waals surface area contributed by atoms with E-state index in [1.54, 1.807) is 0 Å². The van der Waals surface area contributed by atoms with Crippen LogP contribution in [0.5, 0.6) is 0 Å². The molecule has 2 N–H and O–H groups in total. The van der Waals surface area contributed by atoms with Gasteiger partial charge in [0.2, 0.25) is 0 Å². The second-order valence-electron chi connectivity index (χ2n) is 6.47. The zero-order valence-corrected chi connectivity index (χ0v) is 13.5. The fourth-order valence-electron chi connectivity index (χ4n) is 2.76. The fraction of sp³-hybridized carbons (Fsp3) is 0.400. The molecule has 0 aliphatic rings. The summed E-state index contributed by atoms with van der Waals surface area (Å²) in [6.07, 6.45) is 3.42. The summed E-state index contributed by atoms with van der Waals surface area (Å²) < 4.78 is 0. The van der Waals surface area contributed by atoms with Crippen molar-refractivity contribution in [1.29, 1.82) is 0 Å². The van der Waals surface area contributed by atoms with Crippen LogP contribution in [-0.2, 0) is 11.8 Å². The summed E-state index contributed by atoms with van der Waals surface area (Å²) >= 11 is 0. The van der Waals surface area contributed by atoms with Crippen molar-refractivity contribution in [2.24, 2.45) is 5.73 Å². The van der Waals surface area contributed by atoms with Crippen LogP contribution in [0.3, 0.4) is 0 Å². The lowest BCUT2D eigenvalue weighted by Crippen LogP contribution is -2.32. The Hall–Kier alpha value is -1.60. The van der Waals surface area contributed by atoms with Crippen molar-refractivity contribution in [2.75, 3.05) is 6.54 Å². The smallest absolute Gasteiger partial charge is 0.00474 e. The van der Waals surface area contributed by atoms with Crippen molar-refractivity contribution in [2.45, 2.75) is 45.4 Å². The molecule has 1 nitrogen and oxygen atoms in total. The van der Waals surface area contributed by atoms with Crippen LogP contribution in [0.1, 0.15) is 42.0 Å². The highest BCUT2D eigenvalue weighted by Crippen LogP contribution is 2.29. The zero-order valence-electron chi connectivity index (χ0n) is 13.5. The van der Waals surface area contributed by atoms with Gasteiger partial charge in [-0.25, -0.2) is 0 Å². The van der Waals surface area contributed by atoms with Crippen molar-refractivity contribution < 1.29 is 0 Å². The van der Waals surface area contributed by atoms with E-state index < -0.39 is 0 Å². The first-order valence-electron chi connectivity index (χ1n) is 7.86. The number of hydrogen-bond acceptors (Lipinski definition) is 1. The highest BCUT2D eigenvalue weighted by Gasteiger charge is 2.24. The quantitative estimate of drug-likeness (QED) is 0.826. The van der Waals surface area contributed by atoms with Gasteiger partial charge in [-0.05, 0) is 44.2 Å². The Balaban J connectivity index is 1.98. The van der Waals surface area contributed by atoms with Crippen LogP contribution in [0.15, 0.2) is 48.5 Å². The molecule has 1 atom stereocenters. The lowest BCUT2D eigenvalue weighted by Gasteiger charge is -2.29. The van der Waals surface area contributed by atoms with E-state index in [-0.39, 0.29) is 5.41 Å². The number of rotatable bonds is 6. The van der Waals surface area contributed by atoms with Gasteiger partial charge >= 0.3 is 0 Å². The molecule has 21 heavy (non-hydrogen) atoms. The second kappa shape index (κ2) is 6.91. The van der Waals surface area contributed by atoms with Crippen molar-refractivity contribution in [3.05, 3.63) is 70.8 Å². The van der Waals surface area contributed by atoms with E-state index in [9.17, 15) is 0 Å². The lowest BCUT2D eigenvalue weighted by atomic mass is 9.78. The van der Waals surface area contributed by atoms with Gasteiger partial charge in [0.1, 0.15) is 0 Å². The van der Waals surface area contributed by atoms with E-state index in [1.165, 1.54) is 28.7 Å². The normalized spacial score (nSPS) is 13.9. The third-order valence-electron chi connectivity index (χ3n) is 4.51. The molecular formula is C20H27N. The molecule has 2 rings (SSSR count). The minimum Gasteiger partial charge on any atom is -0.330 e. The van der Waals surface area contributed by atoms with E-state index in [4.69, 9.17) is 5.73 Å². The molecule has 0 radical (unpaired) electrons. The summed E-state index contributed by atoms with van der Waals surface area (Å²) in [6, 6.07) is 17.7. The van der Waals surface area contributed by atoms with Gasteiger partial charge in [0.05, 0.1) is 0 Å². The molecule has 0 heterocycles. The fourth-order valence-corrected chi connectivity index (χ4v) is 2.76.